The van der Waals surface area contributed by atoms with Crippen molar-refractivity contribution in [3.8, 4) is 22.5 Å². The third kappa shape index (κ3) is 5.31. The van der Waals surface area contributed by atoms with Crippen LogP contribution >= 0.6 is 0 Å². The molecule has 0 atom stereocenters. The van der Waals surface area contributed by atoms with Gasteiger partial charge in [-0.05, 0) is 49.1 Å². The zero-order valence-electron chi connectivity index (χ0n) is 19.1. The van der Waals surface area contributed by atoms with Crippen LogP contribution in [0.15, 0.2) is 72.9 Å². The summed E-state index contributed by atoms with van der Waals surface area (Å²) in [6.07, 6.45) is 0.578. The Balaban J connectivity index is 1.52. The molecular weight excluding hydrogens is 451 g/mol. The lowest BCUT2D eigenvalue weighted by molar-refractivity contribution is -0.137. The molecule has 0 aliphatic carbocycles. The molecule has 1 aliphatic rings. The predicted octanol–water partition coefficient (Wildman–Crippen LogP) is 6.76. The van der Waals surface area contributed by atoms with E-state index in [9.17, 15) is 13.2 Å². The van der Waals surface area contributed by atoms with Gasteiger partial charge in [-0.3, -0.25) is 0 Å². The number of hydrogen-bond donors (Lipinski definition) is 2. The molecule has 2 aromatic carbocycles. The number of anilines is 2. The van der Waals surface area contributed by atoms with Crippen LogP contribution in [0.25, 0.3) is 22.5 Å². The molecular formula is C27H26F3N5. The van der Waals surface area contributed by atoms with Gasteiger partial charge in [-0.25, -0.2) is 9.97 Å². The lowest BCUT2D eigenvalue weighted by Gasteiger charge is -2.25. The highest BCUT2D eigenvalue weighted by Gasteiger charge is 2.31. The summed E-state index contributed by atoms with van der Waals surface area (Å²) >= 11 is 0. The van der Waals surface area contributed by atoms with E-state index in [1.807, 2.05) is 42.5 Å². The molecule has 1 saturated heterocycles. The molecule has 0 spiro atoms. The fourth-order valence-electron chi connectivity index (χ4n) is 4.35. The normalized spacial score (nSPS) is 14.2. The van der Waals surface area contributed by atoms with Crippen LogP contribution in [0.2, 0.25) is 0 Å². The maximum Gasteiger partial charge on any atom is 0.416 e. The molecule has 2 N–H and O–H groups in total. The van der Waals surface area contributed by atoms with Crippen molar-refractivity contribution in [2.75, 3.05) is 23.3 Å². The summed E-state index contributed by atoms with van der Waals surface area (Å²) in [5, 5.41) is 3.32. The molecule has 4 aromatic rings. The Bertz CT molecular complexity index is 1280. The van der Waals surface area contributed by atoms with E-state index in [1.54, 1.807) is 12.3 Å². The van der Waals surface area contributed by atoms with Crippen molar-refractivity contribution in [3.05, 3.63) is 84.1 Å². The highest BCUT2D eigenvalue weighted by molar-refractivity contribution is 5.81. The van der Waals surface area contributed by atoms with Crippen LogP contribution in [0.4, 0.5) is 24.9 Å². The lowest BCUT2D eigenvalue weighted by atomic mass is 10.0. The van der Waals surface area contributed by atoms with Gasteiger partial charge in [0.2, 0.25) is 5.95 Å². The Labute approximate surface area is 202 Å². The van der Waals surface area contributed by atoms with Crippen molar-refractivity contribution in [3.63, 3.8) is 0 Å². The summed E-state index contributed by atoms with van der Waals surface area (Å²) < 4.78 is 40.3. The summed E-state index contributed by atoms with van der Waals surface area (Å²) in [7, 11) is 0. The zero-order chi connectivity index (χ0) is 24.3. The van der Waals surface area contributed by atoms with Crippen LogP contribution < -0.4 is 10.2 Å². The summed E-state index contributed by atoms with van der Waals surface area (Å²) in [5.41, 5.74) is 2.83. The van der Waals surface area contributed by atoms with Crippen LogP contribution in [0.5, 0.6) is 0 Å². The topological polar surface area (TPSA) is 56.8 Å². The number of aromatic nitrogens is 3. The van der Waals surface area contributed by atoms with E-state index in [-0.39, 0.29) is 0 Å². The molecule has 0 saturated carbocycles. The summed E-state index contributed by atoms with van der Waals surface area (Å²) in [5.74, 6) is 1.36. The Morgan fingerprint density at radius 1 is 0.886 bits per heavy atom. The second-order valence-electron chi connectivity index (χ2n) is 8.68. The summed E-state index contributed by atoms with van der Waals surface area (Å²) in [6, 6.07) is 19.1. The van der Waals surface area contributed by atoms with Gasteiger partial charge in [0, 0.05) is 37.0 Å². The Morgan fingerprint density at radius 2 is 1.69 bits per heavy atom. The number of alkyl halides is 3. The molecule has 1 aliphatic heterocycles. The number of piperidine rings is 1. The number of pyridine rings is 1. The van der Waals surface area contributed by atoms with Gasteiger partial charge in [0.1, 0.15) is 5.82 Å². The smallest absolute Gasteiger partial charge is 0.366 e. The molecule has 2 aromatic heterocycles. The number of benzene rings is 2. The van der Waals surface area contributed by atoms with Gasteiger partial charge in [-0.15, -0.1) is 0 Å². The highest BCUT2D eigenvalue weighted by Crippen LogP contribution is 2.37. The van der Waals surface area contributed by atoms with Crippen LogP contribution in [0.3, 0.4) is 0 Å². The second-order valence-corrected chi connectivity index (χ2v) is 8.68. The molecule has 0 unspecified atom stereocenters. The van der Waals surface area contributed by atoms with Crippen LogP contribution in [-0.4, -0.2) is 28.0 Å². The zero-order valence-corrected chi connectivity index (χ0v) is 19.1. The molecule has 35 heavy (non-hydrogen) atoms. The molecule has 5 rings (SSSR count). The number of nitrogens with zero attached hydrogens (tertiary/aromatic N) is 3. The van der Waals surface area contributed by atoms with E-state index in [0.717, 1.165) is 49.2 Å². The van der Waals surface area contributed by atoms with Crippen molar-refractivity contribution < 1.29 is 13.2 Å². The van der Waals surface area contributed by atoms with Gasteiger partial charge in [-0.2, -0.15) is 13.2 Å². The first-order chi connectivity index (χ1) is 17.0. The molecule has 0 radical (unpaired) electrons. The quantitative estimate of drug-likeness (QED) is 0.322. The average Bonchev–Trinajstić information content (AvgIpc) is 3.34. The number of imidazole rings is 1. The summed E-state index contributed by atoms with van der Waals surface area (Å²) in [6.45, 7) is 2.35. The first-order valence-electron chi connectivity index (χ1n) is 11.7. The van der Waals surface area contributed by atoms with E-state index in [2.05, 4.69) is 20.2 Å². The lowest BCUT2D eigenvalue weighted by Crippen LogP contribution is -2.30. The van der Waals surface area contributed by atoms with Crippen molar-refractivity contribution in [2.24, 2.45) is 0 Å². The number of rotatable bonds is 6. The standard InChI is InChI=1S/C27H26F3N5/c28-27(29,30)22-11-7-10-20(16-22)24-25(34-26(33-24)35-14-5-2-6-15-35)21-12-13-31-23(17-21)32-18-19-8-3-1-4-9-19/h1,3-4,7-13,16-17H,2,5-6,14-15,18H2,(H,31,32)(H,33,34). The van der Waals surface area contributed by atoms with Crippen molar-refractivity contribution in [1.29, 1.82) is 0 Å². The highest BCUT2D eigenvalue weighted by atomic mass is 19.4. The van der Waals surface area contributed by atoms with Crippen LogP contribution in [-0.2, 0) is 12.7 Å². The molecule has 8 heteroatoms. The van der Waals surface area contributed by atoms with Gasteiger partial charge in [-0.1, -0.05) is 42.5 Å². The minimum absolute atomic E-state index is 0.421. The Kier molecular flexibility index (Phi) is 6.44. The van der Waals surface area contributed by atoms with Crippen molar-refractivity contribution in [2.45, 2.75) is 32.0 Å². The maximum absolute atomic E-state index is 13.4. The average molecular weight is 478 g/mol. The molecule has 0 bridgehead atoms. The monoisotopic (exact) mass is 477 g/mol. The Hall–Kier alpha value is -3.81. The number of hydrogen-bond acceptors (Lipinski definition) is 4. The second kappa shape index (κ2) is 9.82. The summed E-state index contributed by atoms with van der Waals surface area (Å²) in [4.78, 5) is 14.8. The fourth-order valence-corrected chi connectivity index (χ4v) is 4.35. The van der Waals surface area contributed by atoms with E-state index in [0.29, 0.717) is 35.3 Å². The fraction of sp³-hybridized carbons (Fsp3) is 0.259. The first-order valence-corrected chi connectivity index (χ1v) is 11.7. The van der Waals surface area contributed by atoms with Gasteiger partial charge in [0.05, 0.1) is 17.0 Å². The van der Waals surface area contributed by atoms with E-state index >= 15 is 0 Å². The van der Waals surface area contributed by atoms with Gasteiger partial charge in [0.15, 0.2) is 0 Å². The van der Waals surface area contributed by atoms with Crippen LogP contribution in [0.1, 0.15) is 30.4 Å². The SMILES string of the molecule is FC(F)(F)c1cccc(-c2nc(N3CCCCC3)[nH]c2-c2ccnc(NCc3ccccc3)c2)c1. The van der Waals surface area contributed by atoms with E-state index in [1.165, 1.54) is 12.5 Å². The number of halogens is 3. The number of aromatic amines is 1. The number of nitrogens with one attached hydrogen (secondary N) is 2. The van der Waals surface area contributed by atoms with Gasteiger partial charge in [0.25, 0.3) is 0 Å². The molecule has 5 nitrogen and oxygen atoms in total. The van der Waals surface area contributed by atoms with Crippen molar-refractivity contribution in [1.82, 2.24) is 15.0 Å². The first kappa shape index (κ1) is 23.0. The minimum atomic E-state index is -4.42. The number of H-pyrrole nitrogens is 1. The van der Waals surface area contributed by atoms with Gasteiger partial charge >= 0.3 is 6.18 Å². The largest absolute Gasteiger partial charge is 0.416 e. The maximum atomic E-state index is 13.4. The van der Waals surface area contributed by atoms with Crippen molar-refractivity contribution >= 4 is 11.8 Å². The molecule has 0 amide bonds. The van der Waals surface area contributed by atoms with Crippen LogP contribution in [0, 0.1) is 0 Å². The third-order valence-corrected chi connectivity index (χ3v) is 6.18. The molecule has 1 fully saturated rings. The Morgan fingerprint density at radius 3 is 2.46 bits per heavy atom. The van der Waals surface area contributed by atoms with E-state index in [4.69, 9.17) is 4.98 Å². The molecule has 3 heterocycles. The minimum Gasteiger partial charge on any atom is -0.366 e. The van der Waals surface area contributed by atoms with E-state index < -0.39 is 11.7 Å². The molecule has 180 valence electrons. The third-order valence-electron chi connectivity index (χ3n) is 6.18. The van der Waals surface area contributed by atoms with Gasteiger partial charge < -0.3 is 15.2 Å². The predicted molar refractivity (Wildman–Crippen MR) is 132 cm³/mol.